The zero-order valence-corrected chi connectivity index (χ0v) is 22.1. The van der Waals surface area contributed by atoms with Gasteiger partial charge in [-0.1, -0.05) is 54.1 Å². The highest BCUT2D eigenvalue weighted by Gasteiger charge is 2.31. The molecule has 3 aromatic carbocycles. The Kier molecular flexibility index (Phi) is 7.54. The van der Waals surface area contributed by atoms with Crippen LogP contribution in [0.4, 0.5) is 0 Å². The van der Waals surface area contributed by atoms with Gasteiger partial charge in [0, 0.05) is 54.2 Å². The fourth-order valence-electron chi connectivity index (χ4n) is 5.23. The van der Waals surface area contributed by atoms with Gasteiger partial charge in [0.2, 0.25) is 5.91 Å². The number of amides is 1. The summed E-state index contributed by atoms with van der Waals surface area (Å²) in [7, 11) is 1.68. The van der Waals surface area contributed by atoms with Crippen LogP contribution in [0.2, 0.25) is 5.02 Å². The van der Waals surface area contributed by atoms with E-state index >= 15 is 0 Å². The summed E-state index contributed by atoms with van der Waals surface area (Å²) < 4.78 is 13.5. The first kappa shape index (κ1) is 25.4. The number of benzene rings is 3. The van der Waals surface area contributed by atoms with Crippen molar-refractivity contribution in [3.8, 4) is 5.75 Å². The van der Waals surface area contributed by atoms with E-state index in [9.17, 15) is 4.79 Å². The number of halogens is 1. The van der Waals surface area contributed by atoms with Gasteiger partial charge in [0.15, 0.2) is 0 Å². The average molecular weight is 517 g/mol. The second-order valence-corrected chi connectivity index (χ2v) is 10.5. The van der Waals surface area contributed by atoms with Crippen molar-refractivity contribution in [3.63, 3.8) is 0 Å². The van der Waals surface area contributed by atoms with Gasteiger partial charge in [0.1, 0.15) is 5.75 Å². The second kappa shape index (κ2) is 11.0. The molecule has 0 spiro atoms. The minimum absolute atomic E-state index is 0.0173. The predicted octanol–water partition coefficient (Wildman–Crippen LogP) is 6.56. The molecule has 1 fully saturated rings. The first-order chi connectivity index (χ1) is 17.9. The summed E-state index contributed by atoms with van der Waals surface area (Å²) in [5.74, 6) is 0.743. The number of hydrogen-bond donors (Lipinski definition) is 1. The number of methoxy groups -OCH3 is 1. The Morgan fingerprint density at radius 2 is 1.86 bits per heavy atom. The van der Waals surface area contributed by atoms with E-state index in [2.05, 4.69) is 59.4 Å². The third kappa shape index (κ3) is 5.84. The number of fused-ring (bicyclic) bond motifs is 1. The first-order valence-corrected chi connectivity index (χ1v) is 13.2. The summed E-state index contributed by atoms with van der Waals surface area (Å²) >= 11 is 6.21. The molecule has 0 saturated carbocycles. The molecule has 0 aliphatic carbocycles. The molecule has 2 heterocycles. The van der Waals surface area contributed by atoms with Gasteiger partial charge in [-0.25, -0.2) is 0 Å². The van der Waals surface area contributed by atoms with Crippen LogP contribution in [0.1, 0.15) is 48.8 Å². The summed E-state index contributed by atoms with van der Waals surface area (Å²) in [4.78, 5) is 13.2. The van der Waals surface area contributed by atoms with Crippen molar-refractivity contribution < 1.29 is 14.3 Å². The fourth-order valence-corrected chi connectivity index (χ4v) is 5.36. The molecule has 5 rings (SSSR count). The lowest BCUT2D eigenvalue weighted by molar-refractivity contribution is -0.122. The van der Waals surface area contributed by atoms with Gasteiger partial charge < -0.3 is 19.4 Å². The van der Waals surface area contributed by atoms with Crippen LogP contribution in [0.5, 0.6) is 5.75 Å². The Morgan fingerprint density at radius 1 is 1.11 bits per heavy atom. The number of rotatable bonds is 9. The normalized spacial score (nSPS) is 18.1. The molecule has 1 aromatic heterocycles. The van der Waals surface area contributed by atoms with Crippen molar-refractivity contribution in [3.05, 3.63) is 101 Å². The summed E-state index contributed by atoms with van der Waals surface area (Å²) in [6, 6.07) is 24.4. The molecule has 1 amide bonds. The van der Waals surface area contributed by atoms with Crippen LogP contribution >= 0.6 is 11.6 Å². The highest BCUT2D eigenvalue weighted by Crippen LogP contribution is 2.36. The number of carbonyl (C=O) groups excluding carboxylic acids is 1. The van der Waals surface area contributed by atoms with Gasteiger partial charge in [-0.3, -0.25) is 4.79 Å². The van der Waals surface area contributed by atoms with Crippen LogP contribution in [-0.4, -0.2) is 36.3 Å². The van der Waals surface area contributed by atoms with Crippen LogP contribution in [-0.2, 0) is 16.1 Å². The van der Waals surface area contributed by atoms with Crippen molar-refractivity contribution >= 4 is 28.4 Å². The monoisotopic (exact) mass is 516 g/mol. The molecule has 37 heavy (non-hydrogen) atoms. The van der Waals surface area contributed by atoms with Crippen molar-refractivity contribution in [1.82, 2.24) is 9.88 Å². The standard InChI is InChI=1S/C31H33ClN2O3/c1-31(16-5-17-37-31)21-33-30(35)18-27(23-10-12-24(32)13-11-23)28-20-34(29-7-4-3-6-26(28)29)19-22-8-14-25(36-2)15-9-22/h3-4,6-15,20,27H,5,16-19,21H2,1-2H3,(H,33,35)/t27-,31-/m0/s1. The molecule has 192 valence electrons. The highest BCUT2D eigenvalue weighted by molar-refractivity contribution is 6.30. The highest BCUT2D eigenvalue weighted by atomic mass is 35.5. The lowest BCUT2D eigenvalue weighted by Gasteiger charge is -2.24. The number of ether oxygens (including phenoxy) is 2. The van der Waals surface area contributed by atoms with Crippen LogP contribution < -0.4 is 10.1 Å². The lowest BCUT2D eigenvalue weighted by Crippen LogP contribution is -2.40. The molecular weight excluding hydrogens is 484 g/mol. The van der Waals surface area contributed by atoms with Gasteiger partial charge in [0.25, 0.3) is 0 Å². The molecule has 1 aliphatic rings. The van der Waals surface area contributed by atoms with E-state index in [1.807, 2.05) is 36.4 Å². The molecule has 5 nitrogen and oxygen atoms in total. The number of nitrogens with zero attached hydrogens (tertiary/aromatic N) is 1. The lowest BCUT2D eigenvalue weighted by atomic mass is 9.88. The Hall–Kier alpha value is -3.28. The molecule has 1 saturated heterocycles. The molecule has 1 aliphatic heterocycles. The van der Waals surface area contributed by atoms with E-state index in [1.54, 1.807) is 7.11 Å². The Bertz CT molecular complexity index is 1360. The molecule has 2 atom stereocenters. The molecule has 0 unspecified atom stereocenters. The van der Waals surface area contributed by atoms with Crippen LogP contribution in [0.15, 0.2) is 79.0 Å². The third-order valence-corrected chi connectivity index (χ3v) is 7.58. The average Bonchev–Trinajstić information content (AvgIpc) is 3.51. The largest absolute Gasteiger partial charge is 0.497 e. The van der Waals surface area contributed by atoms with E-state index < -0.39 is 0 Å². The predicted molar refractivity (Wildman–Crippen MR) is 149 cm³/mol. The number of aromatic nitrogens is 1. The number of carbonyl (C=O) groups is 1. The minimum atomic E-state index is -0.278. The zero-order chi connectivity index (χ0) is 25.8. The minimum Gasteiger partial charge on any atom is -0.497 e. The number of nitrogens with one attached hydrogen (secondary N) is 1. The molecule has 1 N–H and O–H groups in total. The fraction of sp³-hybridized carbons (Fsp3) is 0.323. The smallest absolute Gasteiger partial charge is 0.221 e. The van der Waals surface area contributed by atoms with Crippen LogP contribution in [0.25, 0.3) is 10.9 Å². The topological polar surface area (TPSA) is 52.5 Å². The van der Waals surface area contributed by atoms with Crippen molar-refractivity contribution in [2.24, 2.45) is 0 Å². The van der Waals surface area contributed by atoms with Gasteiger partial charge in [-0.15, -0.1) is 0 Å². The van der Waals surface area contributed by atoms with Gasteiger partial charge in [-0.2, -0.15) is 0 Å². The maximum Gasteiger partial charge on any atom is 0.221 e. The maximum atomic E-state index is 13.2. The van der Waals surface area contributed by atoms with E-state index in [1.165, 1.54) is 5.56 Å². The quantitative estimate of drug-likeness (QED) is 0.274. The van der Waals surface area contributed by atoms with E-state index in [-0.39, 0.29) is 17.4 Å². The number of para-hydroxylation sites is 1. The summed E-state index contributed by atoms with van der Waals surface area (Å²) in [5.41, 5.74) is 4.23. The Morgan fingerprint density at radius 3 is 2.57 bits per heavy atom. The van der Waals surface area contributed by atoms with Gasteiger partial charge >= 0.3 is 0 Å². The van der Waals surface area contributed by atoms with Crippen molar-refractivity contribution in [2.75, 3.05) is 20.3 Å². The maximum absolute atomic E-state index is 13.2. The van der Waals surface area contributed by atoms with Gasteiger partial charge in [0.05, 0.1) is 12.7 Å². The van der Waals surface area contributed by atoms with Crippen LogP contribution in [0, 0.1) is 0 Å². The molecule has 0 radical (unpaired) electrons. The summed E-state index contributed by atoms with van der Waals surface area (Å²) in [6.07, 6.45) is 4.54. The van der Waals surface area contributed by atoms with Crippen LogP contribution in [0.3, 0.4) is 0 Å². The first-order valence-electron chi connectivity index (χ1n) is 12.8. The third-order valence-electron chi connectivity index (χ3n) is 7.33. The molecular formula is C31H33ClN2O3. The van der Waals surface area contributed by atoms with E-state index in [0.29, 0.717) is 18.0 Å². The number of hydrogen-bond acceptors (Lipinski definition) is 3. The van der Waals surface area contributed by atoms with Gasteiger partial charge in [-0.05, 0) is 66.8 Å². The molecule has 6 heteroatoms. The zero-order valence-electron chi connectivity index (χ0n) is 21.4. The Balaban J connectivity index is 1.47. The Labute approximate surface area is 223 Å². The summed E-state index contributed by atoms with van der Waals surface area (Å²) in [6.45, 7) is 4.08. The van der Waals surface area contributed by atoms with Crippen molar-refractivity contribution in [1.29, 1.82) is 0 Å². The SMILES string of the molecule is COc1ccc(Cn2cc([C@@H](CC(=O)NC[C@]3(C)CCCO3)c3ccc(Cl)cc3)c3ccccc32)cc1. The molecule has 4 aromatic rings. The second-order valence-electron chi connectivity index (χ2n) is 10.1. The van der Waals surface area contributed by atoms with Crippen molar-refractivity contribution in [2.45, 2.75) is 44.2 Å². The van der Waals surface area contributed by atoms with E-state index in [0.717, 1.165) is 53.8 Å². The summed E-state index contributed by atoms with van der Waals surface area (Å²) in [5, 5.41) is 4.97. The molecule has 0 bridgehead atoms. The van der Waals surface area contributed by atoms with E-state index in [4.69, 9.17) is 21.1 Å².